The number of nitrogens with two attached hydrogens (primary N) is 1. The second-order valence-corrected chi connectivity index (χ2v) is 9.53. The lowest BCUT2D eigenvalue weighted by atomic mass is 9.84. The molecule has 1 amide bonds. The van der Waals surface area contributed by atoms with Crippen LogP contribution in [-0.2, 0) is 19.1 Å². The minimum Gasteiger partial charge on any atom is -0.382 e. The quantitative estimate of drug-likeness (QED) is 0.339. The fraction of sp³-hybridized carbons (Fsp3) is 0.440. The van der Waals surface area contributed by atoms with E-state index in [4.69, 9.17) is 15.2 Å². The molecule has 0 unspecified atom stereocenters. The highest BCUT2D eigenvalue weighted by atomic mass is 32.2. The van der Waals surface area contributed by atoms with Crippen LogP contribution in [0.25, 0.3) is 0 Å². The number of hydrazone groups is 1. The fourth-order valence-corrected chi connectivity index (χ4v) is 5.98. The van der Waals surface area contributed by atoms with Gasteiger partial charge >= 0.3 is 0 Å². The highest BCUT2D eigenvalue weighted by molar-refractivity contribution is 8.15. The van der Waals surface area contributed by atoms with Gasteiger partial charge in [-0.1, -0.05) is 18.7 Å². The highest BCUT2D eigenvalue weighted by Gasteiger charge is 2.54. The second kappa shape index (κ2) is 12.2. The van der Waals surface area contributed by atoms with Gasteiger partial charge in [-0.15, -0.1) is 0 Å². The van der Waals surface area contributed by atoms with E-state index in [2.05, 4.69) is 5.10 Å². The molecule has 2 atom stereocenters. The first-order valence-corrected chi connectivity index (χ1v) is 12.3. The van der Waals surface area contributed by atoms with Gasteiger partial charge in [0.2, 0.25) is 0 Å². The first-order chi connectivity index (χ1) is 17.2. The van der Waals surface area contributed by atoms with E-state index in [0.717, 1.165) is 47.1 Å². The molecular formula is C25H29F4N3O3S. The van der Waals surface area contributed by atoms with Crippen LogP contribution < -0.4 is 5.73 Å². The molecule has 0 bridgehead atoms. The summed E-state index contributed by atoms with van der Waals surface area (Å²) in [5.74, 6) is -4.17. The van der Waals surface area contributed by atoms with E-state index in [-0.39, 0.29) is 41.5 Å². The molecule has 0 fully saturated rings. The van der Waals surface area contributed by atoms with Crippen molar-refractivity contribution >= 4 is 22.7 Å². The van der Waals surface area contributed by atoms with Gasteiger partial charge in [-0.2, -0.15) is 5.10 Å². The Balaban J connectivity index is 2.24. The molecule has 196 valence electrons. The molecule has 6 nitrogen and oxygen atoms in total. The largest absolute Gasteiger partial charge is 0.382 e. The third-order valence-corrected chi connectivity index (χ3v) is 7.60. The van der Waals surface area contributed by atoms with E-state index in [1.165, 1.54) is 14.0 Å². The van der Waals surface area contributed by atoms with Gasteiger partial charge in [-0.05, 0) is 67.6 Å². The maximum atomic E-state index is 14.8. The lowest BCUT2D eigenvalue weighted by molar-refractivity contribution is -0.141. The van der Waals surface area contributed by atoms with Gasteiger partial charge in [0.05, 0.1) is 13.2 Å². The van der Waals surface area contributed by atoms with Crippen molar-refractivity contribution in [2.75, 3.05) is 33.5 Å². The molecule has 1 aliphatic heterocycles. The number of ether oxygens (including phenoxy) is 2. The summed E-state index contributed by atoms with van der Waals surface area (Å²) in [4.78, 5) is 12.0. The number of hydrogen-bond donors (Lipinski definition) is 1. The van der Waals surface area contributed by atoms with Crippen LogP contribution in [0.2, 0.25) is 0 Å². The van der Waals surface area contributed by atoms with Crippen LogP contribution in [0.4, 0.5) is 17.6 Å². The Morgan fingerprint density at radius 3 is 2.56 bits per heavy atom. The SMILES string of the molecule is CC[C@H](CCN)[C@]1(c2cc(F)cc(F)c2C)SC(c2cc(F)ccc2F)=NN1C(=O)COCCOC. The summed E-state index contributed by atoms with van der Waals surface area (Å²) in [5, 5.41) is 5.49. The third kappa shape index (κ3) is 5.59. The summed E-state index contributed by atoms with van der Waals surface area (Å²) in [6.45, 7) is 3.50. The van der Waals surface area contributed by atoms with Crippen molar-refractivity contribution in [1.29, 1.82) is 0 Å². The van der Waals surface area contributed by atoms with Crippen LogP contribution >= 0.6 is 11.8 Å². The minimum atomic E-state index is -1.49. The molecule has 0 radical (unpaired) electrons. The predicted molar refractivity (Wildman–Crippen MR) is 130 cm³/mol. The molecule has 2 N–H and O–H groups in total. The average Bonchev–Trinajstić information content (AvgIpc) is 3.25. The number of amides is 1. The molecule has 11 heteroatoms. The lowest BCUT2D eigenvalue weighted by Crippen LogP contribution is -2.49. The summed E-state index contributed by atoms with van der Waals surface area (Å²) < 4.78 is 68.6. The summed E-state index contributed by atoms with van der Waals surface area (Å²) in [5.41, 5.74) is 5.98. The van der Waals surface area contributed by atoms with E-state index in [0.29, 0.717) is 12.8 Å². The Labute approximate surface area is 211 Å². The third-order valence-electron chi connectivity index (χ3n) is 6.07. The molecule has 36 heavy (non-hydrogen) atoms. The van der Waals surface area contributed by atoms with Crippen LogP contribution in [0.1, 0.15) is 36.5 Å². The van der Waals surface area contributed by atoms with Crippen molar-refractivity contribution < 1.29 is 31.8 Å². The van der Waals surface area contributed by atoms with Gasteiger partial charge in [0.25, 0.3) is 5.91 Å². The molecular weight excluding hydrogens is 498 g/mol. The zero-order chi connectivity index (χ0) is 26.5. The zero-order valence-corrected chi connectivity index (χ0v) is 21.1. The van der Waals surface area contributed by atoms with Crippen LogP contribution in [-0.4, -0.2) is 49.4 Å². The van der Waals surface area contributed by atoms with Crippen molar-refractivity contribution in [1.82, 2.24) is 5.01 Å². The van der Waals surface area contributed by atoms with Crippen molar-refractivity contribution in [3.63, 3.8) is 0 Å². The summed E-state index contributed by atoms with van der Waals surface area (Å²) in [6.07, 6.45) is 0.814. The summed E-state index contributed by atoms with van der Waals surface area (Å²) in [6, 6.07) is 4.80. The maximum absolute atomic E-state index is 14.8. The summed E-state index contributed by atoms with van der Waals surface area (Å²) in [7, 11) is 1.48. The number of benzene rings is 2. The first-order valence-electron chi connectivity index (χ1n) is 11.5. The van der Waals surface area contributed by atoms with Crippen LogP contribution in [0.5, 0.6) is 0 Å². The number of methoxy groups -OCH3 is 1. The molecule has 3 rings (SSSR count). The first kappa shape index (κ1) is 28.1. The molecule has 0 spiro atoms. The molecule has 0 saturated carbocycles. The summed E-state index contributed by atoms with van der Waals surface area (Å²) >= 11 is 0.951. The number of carbonyl (C=O) groups is 1. The Morgan fingerprint density at radius 2 is 1.89 bits per heavy atom. The van der Waals surface area contributed by atoms with Gasteiger partial charge in [0.1, 0.15) is 39.8 Å². The lowest BCUT2D eigenvalue weighted by Gasteiger charge is -2.42. The van der Waals surface area contributed by atoms with E-state index >= 15 is 0 Å². The Hall–Kier alpha value is -2.47. The number of halogens is 4. The van der Waals surface area contributed by atoms with Gasteiger partial charge < -0.3 is 15.2 Å². The number of thioether (sulfide) groups is 1. The van der Waals surface area contributed by atoms with Gasteiger partial charge in [0.15, 0.2) is 0 Å². The van der Waals surface area contributed by atoms with E-state index in [1.807, 2.05) is 6.92 Å². The van der Waals surface area contributed by atoms with Gasteiger partial charge in [-0.25, -0.2) is 22.6 Å². The monoisotopic (exact) mass is 527 g/mol. The van der Waals surface area contributed by atoms with E-state index < -0.39 is 46.6 Å². The zero-order valence-electron chi connectivity index (χ0n) is 20.3. The van der Waals surface area contributed by atoms with Crippen molar-refractivity contribution in [3.8, 4) is 0 Å². The van der Waals surface area contributed by atoms with Crippen LogP contribution in [0, 0.1) is 36.1 Å². The smallest absolute Gasteiger partial charge is 0.270 e. The van der Waals surface area contributed by atoms with Crippen molar-refractivity contribution in [3.05, 3.63) is 70.3 Å². The normalized spacial score (nSPS) is 18.4. The highest BCUT2D eigenvalue weighted by Crippen LogP contribution is 2.55. The van der Waals surface area contributed by atoms with Gasteiger partial charge in [0, 0.05) is 18.7 Å². The average molecular weight is 528 g/mol. The molecule has 0 saturated heterocycles. The standard InChI is InChI=1S/C25H29F4N3O3S/c1-4-16(7-8-30)25(20-12-18(27)13-22(29)15(20)2)32(23(33)14-35-10-9-34-3)31-24(36-25)19-11-17(26)5-6-21(19)28/h5-6,11-13,16H,4,7-10,14,30H2,1-3H3/t16-,25-/m1/s1. The van der Waals surface area contributed by atoms with Gasteiger partial charge in [-0.3, -0.25) is 4.79 Å². The van der Waals surface area contributed by atoms with E-state index in [9.17, 15) is 22.4 Å². The number of rotatable bonds is 11. The van der Waals surface area contributed by atoms with Crippen molar-refractivity contribution in [2.24, 2.45) is 16.8 Å². The van der Waals surface area contributed by atoms with Crippen molar-refractivity contribution in [2.45, 2.75) is 31.6 Å². The van der Waals surface area contributed by atoms with E-state index in [1.54, 1.807) is 0 Å². The fourth-order valence-electron chi connectivity index (χ4n) is 4.29. The van der Waals surface area contributed by atoms with Crippen LogP contribution in [0.15, 0.2) is 35.4 Å². The predicted octanol–water partition coefficient (Wildman–Crippen LogP) is 4.68. The Morgan fingerprint density at radius 1 is 1.14 bits per heavy atom. The number of nitrogens with zero attached hydrogens (tertiary/aromatic N) is 2. The Kier molecular flexibility index (Phi) is 9.51. The Bertz CT molecular complexity index is 1130. The second-order valence-electron chi connectivity index (χ2n) is 8.32. The minimum absolute atomic E-state index is 0.00298. The molecule has 1 heterocycles. The molecule has 0 aliphatic carbocycles. The van der Waals surface area contributed by atoms with Crippen LogP contribution in [0.3, 0.4) is 0 Å². The molecule has 0 aromatic heterocycles. The molecule has 2 aromatic rings. The number of carbonyl (C=O) groups excluding carboxylic acids is 1. The molecule has 2 aromatic carbocycles. The number of hydrogen-bond acceptors (Lipinski definition) is 6. The maximum Gasteiger partial charge on any atom is 0.270 e. The topological polar surface area (TPSA) is 77.2 Å². The molecule has 1 aliphatic rings.